The zero-order valence-corrected chi connectivity index (χ0v) is 11.8. The minimum atomic E-state index is -4.59. The lowest BCUT2D eigenvalue weighted by Crippen LogP contribution is -2.33. The van der Waals surface area contributed by atoms with Crippen LogP contribution in [0.25, 0.3) is 5.69 Å². The maximum Gasteiger partial charge on any atom is 0.461 e. The van der Waals surface area contributed by atoms with Crippen LogP contribution in [0, 0.1) is 0 Å². The Morgan fingerprint density at radius 2 is 1.86 bits per heavy atom. The molecule has 1 heterocycles. The van der Waals surface area contributed by atoms with E-state index in [2.05, 4.69) is 4.74 Å². The Labute approximate surface area is 123 Å². The second kappa shape index (κ2) is 5.86. The Hall–Kier alpha value is -2.25. The fourth-order valence-electron chi connectivity index (χ4n) is 1.88. The van der Waals surface area contributed by atoms with Crippen LogP contribution in [0.1, 0.15) is 19.9 Å². The molecule has 0 unspecified atom stereocenters. The highest BCUT2D eigenvalue weighted by Gasteiger charge is 2.44. The first-order valence-electron chi connectivity index (χ1n) is 6.47. The maximum atomic E-state index is 12.9. The molecule has 1 aromatic carbocycles. The van der Waals surface area contributed by atoms with E-state index in [1.807, 2.05) is 13.8 Å². The van der Waals surface area contributed by atoms with Crippen molar-refractivity contribution in [3.63, 3.8) is 0 Å². The smallest absolute Gasteiger partial charge is 0.428 e. The Morgan fingerprint density at radius 1 is 1.18 bits per heavy atom. The second-order valence-corrected chi connectivity index (χ2v) is 4.91. The molecule has 0 aliphatic carbocycles. The van der Waals surface area contributed by atoms with Crippen LogP contribution in [-0.4, -0.2) is 21.7 Å². The van der Waals surface area contributed by atoms with Gasteiger partial charge in [0.25, 0.3) is 0 Å². The number of rotatable bonds is 5. The van der Waals surface area contributed by atoms with Crippen LogP contribution in [0.4, 0.5) is 17.6 Å². The number of halogens is 4. The van der Waals surface area contributed by atoms with Gasteiger partial charge in [0.15, 0.2) is 0 Å². The molecule has 2 rings (SSSR count). The topological polar surface area (TPSA) is 36.2 Å². The van der Waals surface area contributed by atoms with E-state index in [-0.39, 0.29) is 17.4 Å². The minimum absolute atomic E-state index is 0.0728. The number of hydrogen-bond acceptors (Lipinski definition) is 2. The normalized spacial score (nSPS) is 12.2. The van der Waals surface area contributed by atoms with Crippen molar-refractivity contribution in [3.05, 3.63) is 47.1 Å². The molecule has 0 amide bonds. The van der Waals surface area contributed by atoms with E-state index in [0.29, 0.717) is 0 Å². The summed E-state index contributed by atoms with van der Waals surface area (Å²) in [5.74, 6) is -0.452. The van der Waals surface area contributed by atoms with Gasteiger partial charge in [-0.15, -0.1) is 0 Å². The molecule has 0 spiro atoms. The van der Waals surface area contributed by atoms with Gasteiger partial charge in [-0.1, -0.05) is 6.07 Å². The van der Waals surface area contributed by atoms with E-state index >= 15 is 0 Å². The fourth-order valence-corrected chi connectivity index (χ4v) is 1.88. The Bertz CT molecular complexity index is 707. The summed E-state index contributed by atoms with van der Waals surface area (Å²) in [5, 5.41) is 0. The number of hydrogen-bond donors (Lipinski definition) is 0. The van der Waals surface area contributed by atoms with Crippen molar-refractivity contribution in [1.82, 2.24) is 9.13 Å². The van der Waals surface area contributed by atoms with E-state index in [4.69, 9.17) is 0 Å². The summed E-state index contributed by atoms with van der Waals surface area (Å²) in [4.78, 5) is 12.1. The predicted octanol–water partition coefficient (Wildman–Crippen LogP) is 3.46. The molecule has 0 atom stereocenters. The zero-order chi connectivity index (χ0) is 16.5. The van der Waals surface area contributed by atoms with Crippen molar-refractivity contribution in [2.45, 2.75) is 32.4 Å². The monoisotopic (exact) mass is 318 g/mol. The van der Waals surface area contributed by atoms with Crippen LogP contribution in [0.2, 0.25) is 0 Å². The zero-order valence-electron chi connectivity index (χ0n) is 11.8. The lowest BCUT2D eigenvalue weighted by atomic mass is 10.3. The molecule has 0 fully saturated rings. The van der Waals surface area contributed by atoms with Gasteiger partial charge in [-0.05, 0) is 26.0 Å². The first-order valence-corrected chi connectivity index (χ1v) is 6.47. The van der Waals surface area contributed by atoms with E-state index in [0.717, 1.165) is 12.1 Å². The van der Waals surface area contributed by atoms with Crippen molar-refractivity contribution in [2.75, 3.05) is 0 Å². The highest BCUT2D eigenvalue weighted by Crippen LogP contribution is 2.28. The third-order valence-electron chi connectivity index (χ3n) is 2.96. The molecule has 22 heavy (non-hydrogen) atoms. The maximum absolute atomic E-state index is 12.9. The van der Waals surface area contributed by atoms with E-state index in [1.54, 1.807) is 6.20 Å². The lowest BCUT2D eigenvalue weighted by Gasteiger charge is -2.17. The van der Waals surface area contributed by atoms with Gasteiger partial charge >= 0.3 is 18.2 Å². The van der Waals surface area contributed by atoms with Crippen LogP contribution < -0.4 is 10.4 Å². The molecule has 4 nitrogen and oxygen atoms in total. The molecule has 0 aliphatic rings. The first kappa shape index (κ1) is 16.1. The predicted molar refractivity (Wildman–Crippen MR) is 72.0 cm³/mol. The number of imidazole rings is 1. The summed E-state index contributed by atoms with van der Waals surface area (Å²) < 4.78 is 56.8. The van der Waals surface area contributed by atoms with Crippen molar-refractivity contribution in [3.8, 4) is 11.4 Å². The minimum Gasteiger partial charge on any atom is -0.428 e. The third kappa shape index (κ3) is 3.15. The number of aromatic nitrogens is 2. The summed E-state index contributed by atoms with van der Waals surface area (Å²) in [7, 11) is 0. The summed E-state index contributed by atoms with van der Waals surface area (Å²) in [6, 6.07) is 4.97. The second-order valence-electron chi connectivity index (χ2n) is 4.91. The average Bonchev–Trinajstić information content (AvgIpc) is 2.80. The van der Waals surface area contributed by atoms with Crippen LogP contribution in [0.15, 0.2) is 41.5 Å². The molecular weight excluding hydrogens is 304 g/mol. The highest BCUT2D eigenvalue weighted by molar-refractivity contribution is 5.39. The molecule has 0 bridgehead atoms. The van der Waals surface area contributed by atoms with Crippen molar-refractivity contribution in [1.29, 1.82) is 0 Å². The van der Waals surface area contributed by atoms with E-state index in [9.17, 15) is 22.4 Å². The average molecular weight is 318 g/mol. The third-order valence-corrected chi connectivity index (χ3v) is 2.96. The number of nitrogens with zero attached hydrogens (tertiary/aromatic N) is 2. The van der Waals surface area contributed by atoms with Gasteiger partial charge in [0.05, 0.1) is 5.69 Å². The van der Waals surface area contributed by atoms with Crippen LogP contribution in [0.5, 0.6) is 5.75 Å². The Morgan fingerprint density at radius 3 is 2.41 bits per heavy atom. The van der Waals surface area contributed by atoms with Gasteiger partial charge in [-0.3, -0.25) is 9.13 Å². The van der Waals surface area contributed by atoms with Crippen molar-refractivity contribution >= 4 is 0 Å². The molecule has 1 aromatic heterocycles. The van der Waals surface area contributed by atoms with Gasteiger partial charge in [0.2, 0.25) is 0 Å². The van der Waals surface area contributed by atoms with Gasteiger partial charge in [0.1, 0.15) is 5.75 Å². The van der Waals surface area contributed by atoms with Crippen LogP contribution in [0.3, 0.4) is 0 Å². The highest BCUT2D eigenvalue weighted by atomic mass is 19.3. The van der Waals surface area contributed by atoms with Crippen molar-refractivity contribution < 1.29 is 22.3 Å². The number of benzene rings is 1. The molecule has 2 aromatic rings. The largest absolute Gasteiger partial charge is 0.461 e. The SMILES string of the molecule is CC(C)n1ccn(-c2cccc(OC(F)(F)C(F)F)c2)c1=O. The van der Waals surface area contributed by atoms with Gasteiger partial charge in [-0.25, -0.2) is 4.79 Å². The molecule has 0 N–H and O–H groups in total. The number of alkyl halides is 4. The standard InChI is InChI=1S/C14H14F4N2O2/c1-9(2)19-6-7-20(13(19)21)10-4-3-5-11(8-10)22-14(17,18)12(15)16/h3-9,12H,1-2H3. The van der Waals surface area contributed by atoms with Gasteiger partial charge in [-0.2, -0.15) is 17.6 Å². The molecule has 120 valence electrons. The Kier molecular flexibility index (Phi) is 4.30. The molecule has 0 aliphatic heterocycles. The van der Waals surface area contributed by atoms with E-state index in [1.165, 1.54) is 27.5 Å². The van der Waals surface area contributed by atoms with E-state index < -0.39 is 18.3 Å². The molecule has 0 saturated carbocycles. The Balaban J connectivity index is 2.35. The molecular formula is C14H14F4N2O2. The molecule has 8 heteroatoms. The van der Waals surface area contributed by atoms with Gasteiger partial charge < -0.3 is 4.74 Å². The van der Waals surface area contributed by atoms with Crippen LogP contribution in [-0.2, 0) is 0 Å². The molecule has 0 saturated heterocycles. The molecule has 0 radical (unpaired) electrons. The summed E-state index contributed by atoms with van der Waals surface area (Å²) >= 11 is 0. The fraction of sp³-hybridized carbons (Fsp3) is 0.357. The lowest BCUT2D eigenvalue weighted by molar-refractivity contribution is -0.253. The van der Waals surface area contributed by atoms with Crippen molar-refractivity contribution in [2.24, 2.45) is 0 Å². The number of ether oxygens (including phenoxy) is 1. The first-order chi connectivity index (χ1) is 10.2. The summed E-state index contributed by atoms with van der Waals surface area (Å²) in [5.41, 5.74) is -0.125. The van der Waals surface area contributed by atoms with Gasteiger partial charge in [0, 0.05) is 24.5 Å². The summed E-state index contributed by atoms with van der Waals surface area (Å²) in [6.07, 6.45) is -5.52. The quantitative estimate of drug-likeness (QED) is 0.792. The van der Waals surface area contributed by atoms with Crippen LogP contribution >= 0.6 is 0 Å². The summed E-state index contributed by atoms with van der Waals surface area (Å²) in [6.45, 7) is 3.63.